The monoisotopic (exact) mass is 1030 g/mol. The van der Waals surface area contributed by atoms with Crippen LogP contribution in [-0.4, -0.2) is 86.9 Å². The zero-order chi connectivity index (χ0) is 51.3. The van der Waals surface area contributed by atoms with Crippen LogP contribution in [0.5, 0.6) is 23.3 Å². The van der Waals surface area contributed by atoms with Gasteiger partial charge in [0.2, 0.25) is 5.88 Å². The van der Waals surface area contributed by atoms with Gasteiger partial charge in [0.25, 0.3) is 11.8 Å². The third-order valence-corrected chi connectivity index (χ3v) is 13.3. The van der Waals surface area contributed by atoms with E-state index < -0.39 is 29.6 Å². The number of amides is 4. The first-order chi connectivity index (χ1) is 35.3. The summed E-state index contributed by atoms with van der Waals surface area (Å²) in [4.78, 5) is 60.9. The number of aromatic hydroxyl groups is 2. The molecule has 0 saturated heterocycles. The normalized spacial score (nSPS) is 13.8. The number of fused-ring (bicyclic) bond motifs is 5. The average molecular weight is 1030 g/mol. The van der Waals surface area contributed by atoms with Gasteiger partial charge in [-0.2, -0.15) is 5.10 Å². The van der Waals surface area contributed by atoms with Crippen molar-refractivity contribution in [1.29, 1.82) is 0 Å². The lowest BCUT2D eigenvalue weighted by Gasteiger charge is -2.20. The molecule has 0 aliphatic carbocycles. The van der Waals surface area contributed by atoms with Crippen LogP contribution < -0.4 is 30.4 Å². The highest BCUT2D eigenvalue weighted by molar-refractivity contribution is 7.99. The number of halogens is 1. The van der Waals surface area contributed by atoms with E-state index in [1.807, 2.05) is 43.3 Å². The first kappa shape index (κ1) is 50.0. The number of urea groups is 1. The molecule has 3 aromatic heterocycles. The molecule has 20 heteroatoms. The number of carbonyl (C=O) groups is 4. The molecule has 7 N–H and O–H groups in total. The number of hydrazone groups is 1. The van der Waals surface area contributed by atoms with Crippen molar-refractivity contribution in [3.63, 3.8) is 0 Å². The van der Waals surface area contributed by atoms with Gasteiger partial charge in [0.1, 0.15) is 22.9 Å². The second kappa shape index (κ2) is 21.8. The topological polar surface area (TPSA) is 234 Å². The van der Waals surface area contributed by atoms with Gasteiger partial charge in [-0.1, -0.05) is 43.3 Å². The van der Waals surface area contributed by atoms with Crippen molar-refractivity contribution in [3.05, 3.63) is 132 Å². The van der Waals surface area contributed by atoms with Crippen molar-refractivity contribution in [2.75, 3.05) is 48.2 Å². The van der Waals surface area contributed by atoms with E-state index >= 15 is 0 Å². The molecule has 1 aliphatic heterocycles. The number of H-pyrrole nitrogens is 2. The Morgan fingerprint density at radius 2 is 1.51 bits per heavy atom. The predicted molar refractivity (Wildman–Crippen MR) is 282 cm³/mol. The number of methoxy groups -OCH3 is 1. The fraction of sp³-hybridized carbons (Fsp3) is 0.226. The number of nitrogens with zero attached hydrogens (tertiary/aromatic N) is 3. The molecule has 0 spiro atoms. The lowest BCUT2D eigenvalue weighted by Crippen LogP contribution is -2.29. The molecule has 5 aromatic carbocycles. The van der Waals surface area contributed by atoms with Crippen LogP contribution in [0.2, 0.25) is 0 Å². The van der Waals surface area contributed by atoms with Crippen LogP contribution in [0.25, 0.3) is 32.6 Å². The molecular formula is C53H51ClN8O10S. The number of thioether (sulfide) groups is 1. The number of hydrogen-bond acceptors (Lipinski definition) is 12. The first-order valence-corrected chi connectivity index (χ1v) is 24.7. The Morgan fingerprint density at radius 3 is 2.21 bits per heavy atom. The van der Waals surface area contributed by atoms with Crippen LogP contribution in [0.1, 0.15) is 71.0 Å². The fourth-order valence-corrected chi connectivity index (χ4v) is 9.70. The summed E-state index contributed by atoms with van der Waals surface area (Å²) in [5, 5.41) is 33.2. The highest BCUT2D eigenvalue weighted by Crippen LogP contribution is 2.47. The van der Waals surface area contributed by atoms with Gasteiger partial charge in [-0.05, 0) is 78.7 Å². The van der Waals surface area contributed by atoms with Gasteiger partial charge in [-0.25, -0.2) is 10.2 Å². The smallest absolute Gasteiger partial charge is 0.339 e. The van der Waals surface area contributed by atoms with E-state index in [9.17, 15) is 29.4 Å². The van der Waals surface area contributed by atoms with E-state index in [1.165, 1.54) is 29.3 Å². The molecule has 376 valence electrons. The molecule has 2 unspecified atom stereocenters. The van der Waals surface area contributed by atoms with Crippen LogP contribution in [0.3, 0.4) is 0 Å². The fourth-order valence-electron chi connectivity index (χ4n) is 8.60. The SMILES string of the molecule is CCSc1cc(O)n(CCOC(OCCC(C)=NNC(=O)Nc2ccc3[nH]c(C(=O)Nc4ccc5[nH]c(C(=O)N6CC(Cl)c7c6cc(OC(C)=O)c6ccccc76)cc5c4)cc3c2)c2ccc(OC)cc2)c1O. The number of nitrogens with one attached hydrogen (secondary N) is 5. The second-order valence-electron chi connectivity index (χ2n) is 17.0. The predicted octanol–water partition coefficient (Wildman–Crippen LogP) is 10.6. The zero-order valence-corrected chi connectivity index (χ0v) is 41.7. The summed E-state index contributed by atoms with van der Waals surface area (Å²) in [6.07, 6.45) is -0.428. The van der Waals surface area contributed by atoms with E-state index in [1.54, 1.807) is 85.7 Å². The highest BCUT2D eigenvalue weighted by atomic mass is 35.5. The molecule has 0 saturated carbocycles. The van der Waals surface area contributed by atoms with Gasteiger partial charge in [-0.3, -0.25) is 19.0 Å². The van der Waals surface area contributed by atoms with Crippen molar-refractivity contribution in [3.8, 4) is 23.3 Å². The summed E-state index contributed by atoms with van der Waals surface area (Å²) in [5.74, 6) is 0.453. The molecule has 18 nitrogen and oxygen atoms in total. The van der Waals surface area contributed by atoms with E-state index in [0.29, 0.717) is 73.1 Å². The van der Waals surface area contributed by atoms with Crippen LogP contribution >= 0.6 is 23.4 Å². The van der Waals surface area contributed by atoms with E-state index in [2.05, 4.69) is 31.1 Å². The molecule has 0 radical (unpaired) electrons. The number of hydrogen-bond donors (Lipinski definition) is 7. The van der Waals surface area contributed by atoms with Gasteiger partial charge in [-0.15, -0.1) is 23.4 Å². The van der Waals surface area contributed by atoms with Crippen LogP contribution in [0, 0.1) is 0 Å². The largest absolute Gasteiger partial charge is 0.497 e. The molecule has 8 aromatic rings. The summed E-state index contributed by atoms with van der Waals surface area (Å²) in [6.45, 7) is 5.75. The number of aromatic amines is 2. The van der Waals surface area contributed by atoms with Gasteiger partial charge >= 0.3 is 12.0 Å². The Morgan fingerprint density at radius 1 is 0.836 bits per heavy atom. The summed E-state index contributed by atoms with van der Waals surface area (Å²) in [5.41, 5.74) is 8.08. The number of esters is 1. The molecular weight excluding hydrogens is 976 g/mol. The van der Waals surface area contributed by atoms with Crippen molar-refractivity contribution in [1.82, 2.24) is 20.0 Å². The Hall–Kier alpha value is -7.97. The van der Waals surface area contributed by atoms with Gasteiger partial charge in [0.05, 0.1) is 42.8 Å². The van der Waals surface area contributed by atoms with Crippen LogP contribution in [-0.2, 0) is 20.8 Å². The molecule has 0 fully saturated rings. The van der Waals surface area contributed by atoms with E-state index in [-0.39, 0.29) is 49.7 Å². The molecule has 9 rings (SSSR count). The van der Waals surface area contributed by atoms with Crippen LogP contribution in [0.15, 0.2) is 119 Å². The maximum Gasteiger partial charge on any atom is 0.339 e. The number of ether oxygens (including phenoxy) is 4. The zero-order valence-electron chi connectivity index (χ0n) is 40.1. The highest BCUT2D eigenvalue weighted by Gasteiger charge is 2.35. The van der Waals surface area contributed by atoms with Gasteiger partial charge in [0, 0.05) is 87.4 Å². The van der Waals surface area contributed by atoms with Crippen LogP contribution in [0.4, 0.5) is 21.9 Å². The number of alkyl halides is 1. The molecule has 1 aliphatic rings. The summed E-state index contributed by atoms with van der Waals surface area (Å²) in [7, 11) is 1.58. The number of aromatic nitrogens is 3. The second-order valence-corrected chi connectivity index (χ2v) is 18.9. The minimum Gasteiger partial charge on any atom is -0.497 e. The lowest BCUT2D eigenvalue weighted by molar-refractivity contribution is -0.147. The van der Waals surface area contributed by atoms with Crippen molar-refractivity contribution < 1.29 is 48.3 Å². The molecule has 0 bridgehead atoms. The lowest BCUT2D eigenvalue weighted by atomic mass is 10.0. The number of anilines is 3. The molecule has 4 heterocycles. The number of benzene rings is 5. The Labute approximate surface area is 427 Å². The average Bonchev–Trinajstić information content (AvgIpc) is 4.15. The van der Waals surface area contributed by atoms with Crippen molar-refractivity contribution in [2.24, 2.45) is 5.10 Å². The van der Waals surface area contributed by atoms with E-state index in [0.717, 1.165) is 27.7 Å². The number of rotatable bonds is 18. The third kappa shape index (κ3) is 11.1. The standard InChI is InChI=1S/C53H51ClN8O10S/c1-5-73-46-27-47(64)61(51(46)67)19-21-71-52(31-10-14-36(69-4)15-11-31)70-20-18-29(2)59-60-53(68)56-35-13-17-40-32(23-35)24-42(57-40)49(65)55-34-12-16-41-33(22-34)25-43(58-41)50(66)62-28-39(54)48-38-9-7-6-8-37(38)45(26-44(48)62)72-30(3)63/h6-17,22-27,39,52,57-58,64,67H,5,18-21,28H2,1-4H3,(H,55,65)(H2,56,60,68). The summed E-state index contributed by atoms with van der Waals surface area (Å²) >= 11 is 8.28. The molecule has 73 heavy (non-hydrogen) atoms. The van der Waals surface area contributed by atoms with E-state index in [4.69, 9.17) is 30.5 Å². The summed E-state index contributed by atoms with van der Waals surface area (Å²) in [6, 6.07) is 31.1. The third-order valence-electron chi connectivity index (χ3n) is 12.1. The quantitative estimate of drug-likeness (QED) is 0.00812. The minimum atomic E-state index is -0.786. The Bertz CT molecular complexity index is 3420. The Kier molecular flexibility index (Phi) is 14.9. The van der Waals surface area contributed by atoms with Gasteiger partial charge < -0.3 is 54.7 Å². The molecule has 4 amide bonds. The van der Waals surface area contributed by atoms with Gasteiger partial charge in [0.15, 0.2) is 12.2 Å². The van der Waals surface area contributed by atoms with Crippen molar-refractivity contribution >= 4 is 103 Å². The Balaban J connectivity index is 0.785. The maximum atomic E-state index is 14.1. The summed E-state index contributed by atoms with van der Waals surface area (Å²) < 4.78 is 24.4. The first-order valence-electron chi connectivity index (χ1n) is 23.2. The van der Waals surface area contributed by atoms with Crippen molar-refractivity contribution in [2.45, 2.75) is 50.3 Å². The maximum absolute atomic E-state index is 14.1. The minimum absolute atomic E-state index is 0.0265. The molecule has 2 atom stereocenters. The number of carbonyl (C=O) groups excluding carboxylic acids is 4.